The first-order chi connectivity index (χ1) is 14.4. The maximum Gasteiger partial charge on any atom is 0.241 e. The molecule has 3 rings (SSSR count). The molecule has 5 heteroatoms. The van der Waals surface area contributed by atoms with E-state index in [1.807, 2.05) is 19.1 Å². The van der Waals surface area contributed by atoms with E-state index in [0.717, 1.165) is 44.1 Å². The lowest BCUT2D eigenvalue weighted by Gasteiger charge is -2.29. The summed E-state index contributed by atoms with van der Waals surface area (Å²) >= 11 is 0. The number of hydrogen-bond acceptors (Lipinski definition) is 4. The highest BCUT2D eigenvalue weighted by Crippen LogP contribution is 2.20. The van der Waals surface area contributed by atoms with Crippen LogP contribution in [0.4, 0.5) is 11.4 Å². The summed E-state index contributed by atoms with van der Waals surface area (Å²) in [5.41, 5.74) is 4.53. The van der Waals surface area contributed by atoms with Crippen molar-refractivity contribution in [3.63, 3.8) is 0 Å². The van der Waals surface area contributed by atoms with Crippen LogP contribution in [-0.2, 0) is 16.0 Å². The Morgan fingerprint density at radius 2 is 1.60 bits per heavy atom. The summed E-state index contributed by atoms with van der Waals surface area (Å²) in [5.74, 6) is 0.621. The third-order valence-electron chi connectivity index (χ3n) is 5.53. The smallest absolute Gasteiger partial charge is 0.241 e. The summed E-state index contributed by atoms with van der Waals surface area (Å²) in [6, 6.07) is 16.5. The zero-order valence-corrected chi connectivity index (χ0v) is 18.7. The molecule has 5 nitrogen and oxygen atoms in total. The summed E-state index contributed by atoms with van der Waals surface area (Å²) in [6.07, 6.45) is 1.09. The predicted molar refractivity (Wildman–Crippen MR) is 124 cm³/mol. The number of morpholine rings is 1. The molecule has 1 aliphatic heterocycles. The molecule has 2 aromatic rings. The monoisotopic (exact) mass is 409 g/mol. The fourth-order valence-electron chi connectivity index (χ4n) is 3.79. The minimum atomic E-state index is -0.297. The average molecular weight is 410 g/mol. The van der Waals surface area contributed by atoms with Crippen LogP contribution in [0.2, 0.25) is 0 Å². The number of anilines is 2. The summed E-state index contributed by atoms with van der Waals surface area (Å²) in [7, 11) is 0. The van der Waals surface area contributed by atoms with Crippen molar-refractivity contribution in [2.45, 2.75) is 46.2 Å². The number of carbonyl (C=O) groups excluding carboxylic acids is 1. The minimum absolute atomic E-state index is 0.0302. The van der Waals surface area contributed by atoms with Gasteiger partial charge in [-0.3, -0.25) is 10.1 Å². The summed E-state index contributed by atoms with van der Waals surface area (Å²) in [5, 5.41) is 6.42. The first-order valence-corrected chi connectivity index (χ1v) is 11.0. The van der Waals surface area contributed by atoms with Crippen molar-refractivity contribution in [1.29, 1.82) is 0 Å². The molecule has 30 heavy (non-hydrogen) atoms. The molecule has 1 fully saturated rings. The van der Waals surface area contributed by atoms with Crippen LogP contribution in [-0.4, -0.2) is 38.3 Å². The lowest BCUT2D eigenvalue weighted by molar-refractivity contribution is -0.117. The van der Waals surface area contributed by atoms with Crippen LogP contribution in [0.1, 0.15) is 44.9 Å². The van der Waals surface area contributed by atoms with Crippen LogP contribution in [0.15, 0.2) is 48.5 Å². The fourth-order valence-corrected chi connectivity index (χ4v) is 3.79. The largest absolute Gasteiger partial charge is 0.378 e. The van der Waals surface area contributed by atoms with Crippen LogP contribution in [0, 0.1) is 5.92 Å². The van der Waals surface area contributed by atoms with Gasteiger partial charge in [0.2, 0.25) is 5.91 Å². The molecule has 0 radical (unpaired) electrons. The van der Waals surface area contributed by atoms with Gasteiger partial charge in [0.1, 0.15) is 0 Å². The Balaban J connectivity index is 1.51. The fraction of sp³-hybridized carbons (Fsp3) is 0.480. The van der Waals surface area contributed by atoms with Gasteiger partial charge in [0.15, 0.2) is 0 Å². The highest BCUT2D eigenvalue weighted by molar-refractivity contribution is 5.94. The van der Waals surface area contributed by atoms with Crippen molar-refractivity contribution in [2.24, 2.45) is 5.92 Å². The second kappa shape index (κ2) is 10.6. The number of benzene rings is 2. The highest BCUT2D eigenvalue weighted by atomic mass is 16.5. The summed E-state index contributed by atoms with van der Waals surface area (Å²) < 4.78 is 5.40. The molecule has 1 saturated heterocycles. The van der Waals surface area contributed by atoms with Gasteiger partial charge in [-0.25, -0.2) is 0 Å². The zero-order chi connectivity index (χ0) is 21.5. The Morgan fingerprint density at radius 1 is 0.967 bits per heavy atom. The van der Waals surface area contributed by atoms with E-state index in [-0.39, 0.29) is 18.0 Å². The number of carbonyl (C=O) groups is 1. The van der Waals surface area contributed by atoms with E-state index >= 15 is 0 Å². The molecule has 0 spiro atoms. The standard InChI is InChI=1S/C25H35N3O2/c1-18(2)17-21-5-7-22(8-6-21)19(3)26-20(4)25(29)27-23-9-11-24(12-10-23)28-13-15-30-16-14-28/h5-12,18-20,26H,13-17H2,1-4H3,(H,27,29)/t19-,20+/m1/s1. The lowest BCUT2D eigenvalue weighted by atomic mass is 9.99. The van der Waals surface area contributed by atoms with Gasteiger partial charge < -0.3 is 15.0 Å². The molecule has 0 bridgehead atoms. The number of hydrogen-bond donors (Lipinski definition) is 2. The lowest BCUT2D eigenvalue weighted by Crippen LogP contribution is -2.39. The van der Waals surface area contributed by atoms with Crippen molar-refractivity contribution >= 4 is 17.3 Å². The predicted octanol–water partition coefficient (Wildman–Crippen LogP) is 4.40. The van der Waals surface area contributed by atoms with Crippen LogP contribution < -0.4 is 15.5 Å². The maximum absolute atomic E-state index is 12.6. The first-order valence-electron chi connectivity index (χ1n) is 11.0. The van der Waals surface area contributed by atoms with Crippen molar-refractivity contribution in [1.82, 2.24) is 5.32 Å². The van der Waals surface area contributed by atoms with Gasteiger partial charge in [-0.2, -0.15) is 0 Å². The molecule has 1 heterocycles. The quantitative estimate of drug-likeness (QED) is 0.679. The van der Waals surface area contributed by atoms with Crippen molar-refractivity contribution in [2.75, 3.05) is 36.5 Å². The number of nitrogens with zero attached hydrogens (tertiary/aromatic N) is 1. The Morgan fingerprint density at radius 3 is 2.20 bits per heavy atom. The Labute approximate surface area is 180 Å². The Bertz CT molecular complexity index is 796. The number of amides is 1. The van der Waals surface area contributed by atoms with E-state index in [0.29, 0.717) is 5.92 Å². The normalized spacial score (nSPS) is 16.4. The molecule has 1 amide bonds. The molecule has 2 N–H and O–H groups in total. The van der Waals surface area contributed by atoms with E-state index in [9.17, 15) is 4.79 Å². The topological polar surface area (TPSA) is 53.6 Å². The maximum atomic E-state index is 12.6. The van der Waals surface area contributed by atoms with Crippen molar-refractivity contribution in [3.8, 4) is 0 Å². The van der Waals surface area contributed by atoms with Crippen molar-refractivity contribution < 1.29 is 9.53 Å². The van der Waals surface area contributed by atoms with Crippen LogP contribution in [0.3, 0.4) is 0 Å². The molecule has 0 saturated carbocycles. The second-order valence-electron chi connectivity index (χ2n) is 8.59. The second-order valence-corrected chi connectivity index (χ2v) is 8.59. The average Bonchev–Trinajstić information content (AvgIpc) is 2.75. The minimum Gasteiger partial charge on any atom is -0.378 e. The Kier molecular flexibility index (Phi) is 7.88. The number of rotatable bonds is 8. The van der Waals surface area contributed by atoms with Gasteiger partial charge in [0.25, 0.3) is 0 Å². The first kappa shape index (κ1) is 22.3. The van der Waals surface area contributed by atoms with Gasteiger partial charge >= 0.3 is 0 Å². The van der Waals surface area contributed by atoms with Gasteiger partial charge in [-0.1, -0.05) is 38.1 Å². The molecular formula is C25H35N3O2. The van der Waals surface area contributed by atoms with E-state index < -0.39 is 0 Å². The third-order valence-corrected chi connectivity index (χ3v) is 5.53. The van der Waals surface area contributed by atoms with Crippen LogP contribution in [0.25, 0.3) is 0 Å². The zero-order valence-electron chi connectivity index (χ0n) is 18.7. The van der Waals surface area contributed by atoms with Crippen LogP contribution in [0.5, 0.6) is 0 Å². The number of nitrogens with one attached hydrogen (secondary N) is 2. The van der Waals surface area contributed by atoms with E-state index in [4.69, 9.17) is 4.74 Å². The SMILES string of the molecule is CC(C)Cc1ccc([C@@H](C)N[C@@H](C)C(=O)Nc2ccc(N3CCOCC3)cc2)cc1. The highest BCUT2D eigenvalue weighted by Gasteiger charge is 2.17. The van der Waals surface area contributed by atoms with Gasteiger partial charge in [-0.05, 0) is 61.6 Å². The van der Waals surface area contributed by atoms with E-state index in [1.54, 1.807) is 0 Å². The molecule has 1 aliphatic rings. The molecule has 2 atom stereocenters. The molecule has 0 aliphatic carbocycles. The molecule has 0 unspecified atom stereocenters. The van der Waals surface area contributed by atoms with Gasteiger partial charge in [0, 0.05) is 30.5 Å². The van der Waals surface area contributed by atoms with E-state index in [1.165, 1.54) is 11.1 Å². The molecule has 162 valence electrons. The van der Waals surface area contributed by atoms with Gasteiger partial charge in [0.05, 0.1) is 19.3 Å². The Hall–Kier alpha value is -2.37. The summed E-state index contributed by atoms with van der Waals surface area (Å²) in [6.45, 7) is 11.8. The van der Waals surface area contributed by atoms with Crippen molar-refractivity contribution in [3.05, 3.63) is 59.7 Å². The van der Waals surface area contributed by atoms with Gasteiger partial charge in [-0.15, -0.1) is 0 Å². The number of ether oxygens (including phenoxy) is 1. The third kappa shape index (κ3) is 6.31. The molecular weight excluding hydrogens is 374 g/mol. The molecule has 0 aromatic heterocycles. The molecule has 2 aromatic carbocycles. The summed E-state index contributed by atoms with van der Waals surface area (Å²) in [4.78, 5) is 14.9. The van der Waals surface area contributed by atoms with Crippen LogP contribution >= 0.6 is 0 Å². The van der Waals surface area contributed by atoms with E-state index in [2.05, 4.69) is 72.7 Å².